The molecule has 0 radical (unpaired) electrons. The average molecular weight is 410 g/mol. The summed E-state index contributed by atoms with van der Waals surface area (Å²) in [5, 5.41) is 3.37. The molecule has 1 heterocycles. The molecule has 2 aromatic rings. The Morgan fingerprint density at radius 3 is 2.67 bits per heavy atom. The van der Waals surface area contributed by atoms with Gasteiger partial charge in [-0.2, -0.15) is 0 Å². The SMILES string of the molecule is CNCc1cc(S(=O)(=O)Nc2ccc(C)cc2Cl)c(Br)s1. The third-order valence-corrected chi connectivity index (χ3v) is 6.65. The van der Waals surface area contributed by atoms with E-state index >= 15 is 0 Å². The Morgan fingerprint density at radius 2 is 2.05 bits per heavy atom. The van der Waals surface area contributed by atoms with Gasteiger partial charge in [0.15, 0.2) is 0 Å². The molecule has 21 heavy (non-hydrogen) atoms. The van der Waals surface area contributed by atoms with Gasteiger partial charge in [-0.25, -0.2) is 8.42 Å². The van der Waals surface area contributed by atoms with Gasteiger partial charge in [0.05, 0.1) is 14.5 Å². The van der Waals surface area contributed by atoms with E-state index in [4.69, 9.17) is 11.6 Å². The quantitative estimate of drug-likeness (QED) is 0.785. The number of nitrogens with one attached hydrogen (secondary N) is 2. The van der Waals surface area contributed by atoms with E-state index in [0.717, 1.165) is 10.4 Å². The second kappa shape index (κ2) is 6.66. The van der Waals surface area contributed by atoms with E-state index < -0.39 is 10.0 Å². The Hall–Kier alpha value is -0.600. The van der Waals surface area contributed by atoms with E-state index in [0.29, 0.717) is 21.0 Å². The normalized spacial score (nSPS) is 11.6. The van der Waals surface area contributed by atoms with E-state index in [-0.39, 0.29) is 4.90 Å². The monoisotopic (exact) mass is 408 g/mol. The van der Waals surface area contributed by atoms with E-state index in [9.17, 15) is 8.42 Å². The van der Waals surface area contributed by atoms with Crippen molar-refractivity contribution in [3.8, 4) is 0 Å². The average Bonchev–Trinajstić information content (AvgIpc) is 2.75. The number of halogens is 2. The van der Waals surface area contributed by atoms with Crippen LogP contribution in [0.3, 0.4) is 0 Å². The van der Waals surface area contributed by atoms with Crippen LogP contribution in [0, 0.1) is 6.92 Å². The van der Waals surface area contributed by atoms with Gasteiger partial charge < -0.3 is 5.32 Å². The van der Waals surface area contributed by atoms with Crippen molar-refractivity contribution in [2.45, 2.75) is 18.4 Å². The van der Waals surface area contributed by atoms with Gasteiger partial charge in [0.2, 0.25) is 0 Å². The second-order valence-corrected chi connectivity index (χ2v) is 8.98. The standard InChI is InChI=1S/C13H14BrClN2O2S2/c1-8-3-4-11(10(15)5-8)17-21(18,19)12-6-9(7-16-2)20-13(12)14/h3-6,16-17H,7H2,1-2H3. The van der Waals surface area contributed by atoms with Crippen LogP contribution in [0.1, 0.15) is 10.4 Å². The minimum Gasteiger partial charge on any atom is -0.315 e. The van der Waals surface area contributed by atoms with Crippen molar-refractivity contribution in [2.24, 2.45) is 0 Å². The Kier molecular flexibility index (Phi) is 5.32. The van der Waals surface area contributed by atoms with Crippen molar-refractivity contribution in [3.05, 3.63) is 43.5 Å². The molecule has 114 valence electrons. The van der Waals surface area contributed by atoms with Gasteiger partial charge in [0, 0.05) is 11.4 Å². The van der Waals surface area contributed by atoms with Crippen molar-refractivity contribution < 1.29 is 8.42 Å². The fourth-order valence-electron chi connectivity index (χ4n) is 1.75. The van der Waals surface area contributed by atoms with Crippen LogP contribution in [0.5, 0.6) is 0 Å². The van der Waals surface area contributed by atoms with Gasteiger partial charge in [0.1, 0.15) is 4.90 Å². The topological polar surface area (TPSA) is 58.2 Å². The summed E-state index contributed by atoms with van der Waals surface area (Å²) < 4.78 is 28.0. The summed E-state index contributed by atoms with van der Waals surface area (Å²) in [7, 11) is -1.86. The maximum Gasteiger partial charge on any atom is 0.263 e. The summed E-state index contributed by atoms with van der Waals surface area (Å²) in [5.74, 6) is 0. The predicted molar refractivity (Wildman–Crippen MR) is 91.8 cm³/mol. The lowest BCUT2D eigenvalue weighted by Crippen LogP contribution is -2.13. The Morgan fingerprint density at radius 1 is 1.33 bits per heavy atom. The lowest BCUT2D eigenvalue weighted by molar-refractivity contribution is 0.601. The van der Waals surface area contributed by atoms with Crippen LogP contribution in [0.2, 0.25) is 5.02 Å². The number of sulfonamides is 1. The summed E-state index contributed by atoms with van der Waals surface area (Å²) in [5.41, 5.74) is 1.34. The molecule has 0 aliphatic heterocycles. The fourth-order valence-corrected chi connectivity index (χ4v) is 5.86. The summed E-state index contributed by atoms with van der Waals surface area (Å²) in [6, 6.07) is 6.83. The highest BCUT2D eigenvalue weighted by molar-refractivity contribution is 9.11. The van der Waals surface area contributed by atoms with Crippen molar-refractivity contribution in [1.29, 1.82) is 0 Å². The number of anilines is 1. The van der Waals surface area contributed by atoms with Gasteiger partial charge in [-0.15, -0.1) is 11.3 Å². The second-order valence-electron chi connectivity index (χ2n) is 4.47. The molecule has 0 saturated heterocycles. The van der Waals surface area contributed by atoms with Crippen molar-refractivity contribution >= 4 is 54.6 Å². The molecule has 0 unspecified atom stereocenters. The van der Waals surface area contributed by atoms with Gasteiger partial charge in [-0.3, -0.25) is 4.72 Å². The smallest absolute Gasteiger partial charge is 0.263 e. The molecule has 0 amide bonds. The highest BCUT2D eigenvalue weighted by atomic mass is 79.9. The van der Waals surface area contributed by atoms with E-state index in [1.807, 2.05) is 14.0 Å². The van der Waals surface area contributed by atoms with Gasteiger partial charge >= 0.3 is 0 Å². The third kappa shape index (κ3) is 3.98. The van der Waals surface area contributed by atoms with Crippen LogP contribution in [0.25, 0.3) is 0 Å². The van der Waals surface area contributed by atoms with Gasteiger partial charge in [0.25, 0.3) is 10.0 Å². The molecular weight excluding hydrogens is 396 g/mol. The lowest BCUT2D eigenvalue weighted by atomic mass is 10.2. The number of thiophene rings is 1. The number of hydrogen-bond acceptors (Lipinski definition) is 4. The third-order valence-electron chi connectivity index (χ3n) is 2.72. The van der Waals surface area contributed by atoms with Crippen LogP contribution < -0.4 is 10.0 Å². The zero-order chi connectivity index (χ0) is 15.6. The first-order valence-electron chi connectivity index (χ1n) is 6.05. The molecule has 8 heteroatoms. The lowest BCUT2D eigenvalue weighted by Gasteiger charge is -2.09. The molecule has 4 nitrogen and oxygen atoms in total. The minimum absolute atomic E-state index is 0.217. The Bertz CT molecular complexity index is 760. The fraction of sp³-hybridized carbons (Fsp3) is 0.231. The van der Waals surface area contributed by atoms with E-state index in [1.165, 1.54) is 11.3 Å². The number of aryl methyl sites for hydroxylation is 1. The zero-order valence-electron chi connectivity index (χ0n) is 11.4. The predicted octanol–water partition coefficient (Wildman–Crippen LogP) is 3.99. The Balaban J connectivity index is 2.34. The Labute approximate surface area is 141 Å². The van der Waals surface area contributed by atoms with Crippen LogP contribution in [-0.4, -0.2) is 15.5 Å². The molecule has 1 aromatic carbocycles. The van der Waals surface area contributed by atoms with Crippen molar-refractivity contribution in [1.82, 2.24) is 5.32 Å². The molecule has 0 saturated carbocycles. The van der Waals surface area contributed by atoms with E-state index in [1.54, 1.807) is 24.3 Å². The molecule has 0 fully saturated rings. The summed E-state index contributed by atoms with van der Waals surface area (Å²) in [6.07, 6.45) is 0. The first-order valence-corrected chi connectivity index (χ1v) is 9.52. The van der Waals surface area contributed by atoms with Crippen LogP contribution >= 0.6 is 38.9 Å². The maximum absolute atomic E-state index is 12.5. The summed E-state index contributed by atoms with van der Waals surface area (Å²) in [4.78, 5) is 1.15. The first-order chi connectivity index (χ1) is 9.83. The van der Waals surface area contributed by atoms with Gasteiger partial charge in [-0.05, 0) is 53.7 Å². The number of hydrogen-bond donors (Lipinski definition) is 2. The maximum atomic E-state index is 12.5. The van der Waals surface area contributed by atoms with Crippen LogP contribution in [-0.2, 0) is 16.6 Å². The van der Waals surface area contributed by atoms with E-state index in [2.05, 4.69) is 26.0 Å². The number of benzene rings is 1. The highest BCUT2D eigenvalue weighted by Crippen LogP contribution is 2.34. The summed E-state index contributed by atoms with van der Waals surface area (Å²) >= 11 is 10.8. The highest BCUT2D eigenvalue weighted by Gasteiger charge is 2.21. The largest absolute Gasteiger partial charge is 0.315 e. The van der Waals surface area contributed by atoms with Crippen LogP contribution in [0.15, 0.2) is 32.9 Å². The molecule has 2 rings (SSSR count). The van der Waals surface area contributed by atoms with Gasteiger partial charge in [-0.1, -0.05) is 17.7 Å². The zero-order valence-corrected chi connectivity index (χ0v) is 15.4. The molecule has 0 aliphatic carbocycles. The van der Waals surface area contributed by atoms with Crippen LogP contribution in [0.4, 0.5) is 5.69 Å². The first kappa shape index (κ1) is 16.8. The molecule has 0 spiro atoms. The molecule has 1 aromatic heterocycles. The number of rotatable bonds is 5. The molecule has 2 N–H and O–H groups in total. The minimum atomic E-state index is -3.68. The summed E-state index contributed by atoms with van der Waals surface area (Å²) in [6.45, 7) is 2.51. The molecule has 0 bridgehead atoms. The molecule has 0 aliphatic rings. The van der Waals surface area contributed by atoms with Crippen molar-refractivity contribution in [2.75, 3.05) is 11.8 Å². The van der Waals surface area contributed by atoms with Crippen molar-refractivity contribution in [3.63, 3.8) is 0 Å². The molecule has 0 atom stereocenters. The molecular formula is C13H14BrClN2O2S2.